The summed E-state index contributed by atoms with van der Waals surface area (Å²) in [6.45, 7) is 1.71. The lowest BCUT2D eigenvalue weighted by Gasteiger charge is -2.23. The van der Waals surface area contributed by atoms with Crippen LogP contribution in [0.2, 0.25) is 0 Å². The molecule has 1 unspecified atom stereocenters. The molecule has 1 aliphatic rings. The van der Waals surface area contributed by atoms with E-state index in [0.717, 1.165) is 12.8 Å². The lowest BCUT2D eigenvalue weighted by molar-refractivity contribution is -0.136. The molecule has 1 rings (SSSR count). The van der Waals surface area contributed by atoms with Gasteiger partial charge in [-0.15, -0.1) is 0 Å². The summed E-state index contributed by atoms with van der Waals surface area (Å²) in [5.41, 5.74) is 5.58. The molecule has 6 heteroatoms. The SMILES string of the molecule is COCCOCC(=O)N1CCCC1C(N)=S. The molecule has 0 spiro atoms. The highest BCUT2D eigenvalue weighted by Crippen LogP contribution is 2.17. The van der Waals surface area contributed by atoms with Gasteiger partial charge in [0.15, 0.2) is 0 Å². The van der Waals surface area contributed by atoms with Gasteiger partial charge in [-0.05, 0) is 12.8 Å². The average molecular weight is 246 g/mol. The van der Waals surface area contributed by atoms with Gasteiger partial charge < -0.3 is 20.1 Å². The molecule has 2 N–H and O–H groups in total. The van der Waals surface area contributed by atoms with Gasteiger partial charge in [0.25, 0.3) is 0 Å². The molecule has 1 heterocycles. The topological polar surface area (TPSA) is 64.8 Å². The Labute approximate surface area is 101 Å². The van der Waals surface area contributed by atoms with E-state index < -0.39 is 0 Å². The highest BCUT2D eigenvalue weighted by atomic mass is 32.1. The normalized spacial score (nSPS) is 20.1. The van der Waals surface area contributed by atoms with E-state index in [2.05, 4.69) is 0 Å². The van der Waals surface area contributed by atoms with Crippen molar-refractivity contribution in [1.82, 2.24) is 4.90 Å². The molecule has 1 amide bonds. The Kier molecular flexibility index (Phi) is 5.65. The van der Waals surface area contributed by atoms with E-state index in [1.54, 1.807) is 12.0 Å². The van der Waals surface area contributed by atoms with Crippen molar-refractivity contribution in [2.24, 2.45) is 5.73 Å². The number of nitrogens with zero attached hydrogens (tertiary/aromatic N) is 1. The van der Waals surface area contributed by atoms with Crippen molar-refractivity contribution in [3.63, 3.8) is 0 Å². The smallest absolute Gasteiger partial charge is 0.249 e. The van der Waals surface area contributed by atoms with Gasteiger partial charge in [0.05, 0.1) is 24.2 Å². The number of methoxy groups -OCH3 is 1. The summed E-state index contributed by atoms with van der Waals surface area (Å²) in [7, 11) is 1.59. The monoisotopic (exact) mass is 246 g/mol. The molecule has 1 fully saturated rings. The Morgan fingerprint density at radius 3 is 2.94 bits per heavy atom. The zero-order valence-corrected chi connectivity index (χ0v) is 10.3. The van der Waals surface area contributed by atoms with Crippen molar-refractivity contribution < 1.29 is 14.3 Å². The van der Waals surface area contributed by atoms with Crippen molar-refractivity contribution in [3.8, 4) is 0 Å². The number of rotatable bonds is 6. The summed E-state index contributed by atoms with van der Waals surface area (Å²) in [5.74, 6) is -0.0496. The third-order valence-corrected chi connectivity index (χ3v) is 2.83. The number of hydrogen-bond donors (Lipinski definition) is 1. The van der Waals surface area contributed by atoms with Crippen LogP contribution in [0.25, 0.3) is 0 Å². The number of amides is 1. The predicted octanol–water partition coefficient (Wildman–Crippen LogP) is -0.0735. The minimum absolute atomic E-state index is 0.0496. The third kappa shape index (κ3) is 3.70. The fourth-order valence-corrected chi connectivity index (χ4v) is 1.99. The second-order valence-electron chi connectivity index (χ2n) is 3.69. The quantitative estimate of drug-likeness (QED) is 0.525. The fraction of sp³-hybridized carbons (Fsp3) is 0.800. The first-order valence-corrected chi connectivity index (χ1v) is 5.73. The van der Waals surface area contributed by atoms with Crippen LogP contribution in [0.15, 0.2) is 0 Å². The number of likely N-dealkylation sites (tertiary alicyclic amines) is 1. The second kappa shape index (κ2) is 6.78. The molecule has 0 aromatic heterocycles. The van der Waals surface area contributed by atoms with Gasteiger partial charge in [0.2, 0.25) is 5.91 Å². The highest BCUT2D eigenvalue weighted by Gasteiger charge is 2.30. The first-order chi connectivity index (χ1) is 7.66. The number of hydrogen-bond acceptors (Lipinski definition) is 4. The molecule has 0 bridgehead atoms. The molecule has 92 valence electrons. The van der Waals surface area contributed by atoms with Crippen LogP contribution in [0.1, 0.15) is 12.8 Å². The maximum atomic E-state index is 11.8. The van der Waals surface area contributed by atoms with E-state index in [4.69, 9.17) is 27.4 Å². The zero-order chi connectivity index (χ0) is 12.0. The summed E-state index contributed by atoms with van der Waals surface area (Å²) < 4.78 is 9.99. The number of ether oxygens (including phenoxy) is 2. The van der Waals surface area contributed by atoms with Gasteiger partial charge in [0, 0.05) is 13.7 Å². The molecule has 1 aliphatic heterocycles. The van der Waals surface area contributed by atoms with Crippen molar-refractivity contribution in [1.29, 1.82) is 0 Å². The molecule has 0 aromatic rings. The number of thiocarbonyl (C=S) groups is 1. The zero-order valence-electron chi connectivity index (χ0n) is 9.48. The molecule has 1 atom stereocenters. The standard InChI is InChI=1S/C10H18N2O3S/c1-14-5-6-15-7-9(13)12-4-2-3-8(12)10(11)16/h8H,2-7H2,1H3,(H2,11,16). The maximum absolute atomic E-state index is 11.8. The molecule has 5 nitrogen and oxygen atoms in total. The second-order valence-corrected chi connectivity index (χ2v) is 4.16. The first-order valence-electron chi connectivity index (χ1n) is 5.32. The van der Waals surface area contributed by atoms with E-state index in [1.807, 2.05) is 0 Å². The van der Waals surface area contributed by atoms with Crippen LogP contribution < -0.4 is 5.73 Å². The van der Waals surface area contributed by atoms with Crippen molar-refractivity contribution >= 4 is 23.1 Å². The molecule has 16 heavy (non-hydrogen) atoms. The minimum atomic E-state index is -0.0893. The Bertz CT molecular complexity index is 260. The van der Waals surface area contributed by atoms with Crippen LogP contribution >= 0.6 is 12.2 Å². The highest BCUT2D eigenvalue weighted by molar-refractivity contribution is 7.80. The van der Waals surface area contributed by atoms with Crippen molar-refractivity contribution in [3.05, 3.63) is 0 Å². The maximum Gasteiger partial charge on any atom is 0.249 e. The minimum Gasteiger partial charge on any atom is -0.392 e. The van der Waals surface area contributed by atoms with E-state index in [9.17, 15) is 4.79 Å². The summed E-state index contributed by atoms with van der Waals surface area (Å²) in [4.78, 5) is 13.9. The van der Waals surface area contributed by atoms with Gasteiger partial charge >= 0.3 is 0 Å². The molecular weight excluding hydrogens is 228 g/mol. The summed E-state index contributed by atoms with van der Waals surface area (Å²) in [6.07, 6.45) is 1.81. The predicted molar refractivity (Wildman–Crippen MR) is 64.2 cm³/mol. The summed E-state index contributed by atoms with van der Waals surface area (Å²) in [6, 6.07) is -0.0893. The summed E-state index contributed by atoms with van der Waals surface area (Å²) in [5, 5.41) is 0. The molecule has 0 aliphatic carbocycles. The van der Waals surface area contributed by atoms with Gasteiger partial charge in [-0.2, -0.15) is 0 Å². The van der Waals surface area contributed by atoms with Gasteiger partial charge in [-0.25, -0.2) is 0 Å². The van der Waals surface area contributed by atoms with Crippen LogP contribution in [-0.4, -0.2) is 55.3 Å². The van der Waals surface area contributed by atoms with Crippen LogP contribution in [0, 0.1) is 0 Å². The number of nitrogens with two attached hydrogens (primary N) is 1. The van der Waals surface area contributed by atoms with Crippen LogP contribution in [-0.2, 0) is 14.3 Å². The van der Waals surface area contributed by atoms with Gasteiger partial charge in [-0.1, -0.05) is 12.2 Å². The van der Waals surface area contributed by atoms with E-state index in [-0.39, 0.29) is 18.6 Å². The van der Waals surface area contributed by atoms with Gasteiger partial charge in [0.1, 0.15) is 6.61 Å². The van der Waals surface area contributed by atoms with Crippen LogP contribution in [0.3, 0.4) is 0 Å². The Hall–Kier alpha value is -0.720. The van der Waals surface area contributed by atoms with Crippen LogP contribution in [0.4, 0.5) is 0 Å². The number of carbonyl (C=O) groups excluding carboxylic acids is 1. The first kappa shape index (κ1) is 13.3. The molecule has 0 aromatic carbocycles. The lowest BCUT2D eigenvalue weighted by atomic mass is 10.2. The Balaban J connectivity index is 2.32. The van der Waals surface area contributed by atoms with Crippen LogP contribution in [0.5, 0.6) is 0 Å². The molecule has 0 saturated carbocycles. The molecule has 1 saturated heterocycles. The van der Waals surface area contributed by atoms with Crippen molar-refractivity contribution in [2.75, 3.05) is 33.5 Å². The largest absolute Gasteiger partial charge is 0.392 e. The Morgan fingerprint density at radius 1 is 1.56 bits per heavy atom. The molecular formula is C10H18N2O3S. The van der Waals surface area contributed by atoms with E-state index in [1.165, 1.54) is 0 Å². The lowest BCUT2D eigenvalue weighted by Crippen LogP contribution is -2.44. The number of carbonyl (C=O) groups is 1. The third-order valence-electron chi connectivity index (χ3n) is 2.56. The van der Waals surface area contributed by atoms with Crippen molar-refractivity contribution in [2.45, 2.75) is 18.9 Å². The summed E-state index contributed by atoms with van der Waals surface area (Å²) >= 11 is 4.93. The fourth-order valence-electron chi connectivity index (χ4n) is 1.75. The molecule has 0 radical (unpaired) electrons. The van der Waals surface area contributed by atoms with E-state index >= 15 is 0 Å². The van der Waals surface area contributed by atoms with Gasteiger partial charge in [-0.3, -0.25) is 4.79 Å². The average Bonchev–Trinajstić information content (AvgIpc) is 2.73. The Morgan fingerprint density at radius 2 is 2.31 bits per heavy atom. The van der Waals surface area contributed by atoms with E-state index in [0.29, 0.717) is 24.7 Å².